The lowest BCUT2D eigenvalue weighted by molar-refractivity contribution is 0.902. The highest BCUT2D eigenvalue weighted by Gasteiger charge is 2.13. The van der Waals surface area contributed by atoms with E-state index in [9.17, 15) is 4.79 Å². The summed E-state index contributed by atoms with van der Waals surface area (Å²) in [5.74, 6) is 0. The average Bonchev–Trinajstić information content (AvgIpc) is 3.28. The van der Waals surface area contributed by atoms with Crippen LogP contribution in [0.3, 0.4) is 0 Å². The molecule has 0 saturated carbocycles. The van der Waals surface area contributed by atoms with Gasteiger partial charge in [0.1, 0.15) is 0 Å². The minimum Gasteiger partial charge on any atom is -0.334 e. The third-order valence-electron chi connectivity index (χ3n) is 4.45. The molecule has 0 aliphatic rings. The Labute approximate surface area is 135 Å². The van der Waals surface area contributed by atoms with Gasteiger partial charge in [-0.15, -0.1) is 0 Å². The number of hydrogen-bond acceptors (Lipinski definition) is 3. The lowest BCUT2D eigenvalue weighted by Crippen LogP contribution is -2.13. The fourth-order valence-corrected chi connectivity index (χ4v) is 3.32. The van der Waals surface area contributed by atoms with Crippen LogP contribution >= 0.6 is 0 Å². The molecule has 0 spiro atoms. The second-order valence-electron chi connectivity index (χ2n) is 5.83. The van der Waals surface area contributed by atoms with E-state index in [2.05, 4.69) is 27.1 Å². The molecule has 6 nitrogen and oxygen atoms in total. The van der Waals surface area contributed by atoms with Gasteiger partial charge in [0.2, 0.25) is 5.65 Å². The maximum Gasteiger partial charge on any atom is 0.292 e. The van der Waals surface area contributed by atoms with Crippen molar-refractivity contribution in [2.24, 2.45) is 7.05 Å². The van der Waals surface area contributed by atoms with Crippen LogP contribution in [0.2, 0.25) is 0 Å². The standard InChI is InChI=1S/C18H13N5O/c1-22-10-19-9-11(22)8-14-12-4-2-3-5-13(12)15-16(14)23-7-6-20-17(23)18(24)21-15/h2-10H,1H3,(H,21,24)/b14-8+. The Bertz CT molecular complexity index is 1340. The van der Waals surface area contributed by atoms with Gasteiger partial charge in [0, 0.05) is 30.0 Å². The van der Waals surface area contributed by atoms with Gasteiger partial charge in [0.15, 0.2) is 0 Å². The lowest BCUT2D eigenvalue weighted by atomic mass is 10.2. The zero-order chi connectivity index (χ0) is 16.3. The topological polar surface area (TPSA) is 68.0 Å². The maximum atomic E-state index is 12.3. The van der Waals surface area contributed by atoms with Crippen LogP contribution in [0, 0.1) is 0 Å². The number of fused-ring (bicyclic) bond motifs is 5. The third-order valence-corrected chi connectivity index (χ3v) is 4.45. The molecule has 116 valence electrons. The Kier molecular flexibility index (Phi) is 2.48. The first-order valence-corrected chi connectivity index (χ1v) is 7.61. The molecule has 0 bridgehead atoms. The Hall–Kier alpha value is -3.41. The fourth-order valence-electron chi connectivity index (χ4n) is 3.32. The number of imidazole rings is 2. The van der Waals surface area contributed by atoms with Crippen molar-refractivity contribution in [2.75, 3.05) is 0 Å². The van der Waals surface area contributed by atoms with Crippen molar-refractivity contribution in [3.05, 3.63) is 70.4 Å². The number of aromatic amines is 1. The molecule has 5 rings (SSSR count). The molecule has 0 atom stereocenters. The summed E-state index contributed by atoms with van der Waals surface area (Å²) in [6.07, 6.45) is 9.16. The Morgan fingerprint density at radius 2 is 2.04 bits per heavy atom. The van der Waals surface area contributed by atoms with Gasteiger partial charge >= 0.3 is 0 Å². The van der Waals surface area contributed by atoms with Crippen molar-refractivity contribution in [3.8, 4) is 0 Å². The number of nitrogens with one attached hydrogen (secondary N) is 1. The summed E-state index contributed by atoms with van der Waals surface area (Å²) < 4.78 is 3.82. The van der Waals surface area contributed by atoms with Crippen molar-refractivity contribution in [1.82, 2.24) is 23.9 Å². The second-order valence-corrected chi connectivity index (χ2v) is 5.83. The molecular formula is C18H13N5O. The van der Waals surface area contributed by atoms with Gasteiger partial charge < -0.3 is 9.55 Å². The van der Waals surface area contributed by atoms with Crippen LogP contribution in [0.15, 0.2) is 54.0 Å². The number of H-pyrrole nitrogens is 1. The van der Waals surface area contributed by atoms with Gasteiger partial charge in [0.25, 0.3) is 5.56 Å². The summed E-state index contributed by atoms with van der Waals surface area (Å²) in [4.78, 5) is 23.7. The van der Waals surface area contributed by atoms with Crippen LogP contribution in [0.4, 0.5) is 0 Å². The number of hydrogen-bond donors (Lipinski definition) is 1. The fraction of sp³-hybridized carbons (Fsp3) is 0.0556. The molecule has 3 aromatic heterocycles. The smallest absolute Gasteiger partial charge is 0.292 e. The number of aryl methyl sites for hydroxylation is 1. The normalized spacial score (nSPS) is 12.8. The van der Waals surface area contributed by atoms with Crippen LogP contribution < -0.4 is 10.8 Å². The molecule has 0 amide bonds. The average molecular weight is 315 g/mol. The van der Waals surface area contributed by atoms with Crippen LogP contribution in [-0.4, -0.2) is 23.9 Å². The maximum absolute atomic E-state index is 12.3. The Morgan fingerprint density at radius 1 is 1.21 bits per heavy atom. The molecule has 3 heterocycles. The quantitative estimate of drug-likeness (QED) is 0.511. The summed E-state index contributed by atoms with van der Waals surface area (Å²) in [5, 5.41) is 3.16. The van der Waals surface area contributed by atoms with E-state index in [4.69, 9.17) is 0 Å². The van der Waals surface area contributed by atoms with Crippen LogP contribution in [0.5, 0.6) is 0 Å². The first-order chi connectivity index (χ1) is 11.7. The van der Waals surface area contributed by atoms with Gasteiger partial charge in [-0.3, -0.25) is 9.20 Å². The van der Waals surface area contributed by atoms with Gasteiger partial charge in [-0.05, 0) is 11.5 Å². The third kappa shape index (κ3) is 1.62. The SMILES string of the molecule is Cn1cncc1/C=c1\c2ccccc2c2[nH]c(=O)c3nccn3c12. The van der Waals surface area contributed by atoms with E-state index >= 15 is 0 Å². The molecule has 1 N–H and O–H groups in total. The summed E-state index contributed by atoms with van der Waals surface area (Å²) in [5.41, 5.74) is 2.99. The van der Waals surface area contributed by atoms with E-state index < -0.39 is 0 Å². The minimum absolute atomic E-state index is 0.185. The van der Waals surface area contributed by atoms with E-state index in [1.165, 1.54) is 0 Å². The summed E-state index contributed by atoms with van der Waals surface area (Å²) in [6, 6.07) is 8.08. The van der Waals surface area contributed by atoms with Crippen molar-refractivity contribution in [1.29, 1.82) is 0 Å². The number of rotatable bonds is 1. The predicted molar refractivity (Wildman–Crippen MR) is 92.8 cm³/mol. The lowest BCUT2D eigenvalue weighted by Gasteiger charge is -1.98. The van der Waals surface area contributed by atoms with E-state index in [0.717, 1.165) is 32.7 Å². The Balaban J connectivity index is 2.12. The van der Waals surface area contributed by atoms with Gasteiger partial charge in [0.05, 0.1) is 29.3 Å². The van der Waals surface area contributed by atoms with E-state index in [-0.39, 0.29) is 5.56 Å². The zero-order valence-corrected chi connectivity index (χ0v) is 12.9. The largest absolute Gasteiger partial charge is 0.334 e. The monoisotopic (exact) mass is 315 g/mol. The van der Waals surface area contributed by atoms with Crippen molar-refractivity contribution < 1.29 is 0 Å². The molecular weight excluding hydrogens is 302 g/mol. The highest BCUT2D eigenvalue weighted by atomic mass is 16.1. The molecule has 0 radical (unpaired) electrons. The first-order valence-electron chi connectivity index (χ1n) is 7.61. The van der Waals surface area contributed by atoms with Crippen LogP contribution in [-0.2, 0) is 7.05 Å². The zero-order valence-electron chi connectivity index (χ0n) is 12.9. The molecule has 24 heavy (non-hydrogen) atoms. The molecule has 5 aromatic rings. The molecule has 0 fully saturated rings. The van der Waals surface area contributed by atoms with Crippen molar-refractivity contribution in [2.45, 2.75) is 0 Å². The van der Waals surface area contributed by atoms with E-state index in [1.807, 2.05) is 46.6 Å². The first kappa shape index (κ1) is 13.1. The molecule has 2 aromatic carbocycles. The van der Waals surface area contributed by atoms with Crippen LogP contribution in [0.25, 0.3) is 33.5 Å². The highest BCUT2D eigenvalue weighted by Crippen LogP contribution is 2.22. The number of nitrogens with zero attached hydrogens (tertiary/aromatic N) is 4. The van der Waals surface area contributed by atoms with E-state index in [1.54, 1.807) is 12.5 Å². The summed E-state index contributed by atoms with van der Waals surface area (Å²) >= 11 is 0. The van der Waals surface area contributed by atoms with Crippen molar-refractivity contribution in [3.63, 3.8) is 0 Å². The summed E-state index contributed by atoms with van der Waals surface area (Å²) in [7, 11) is 1.96. The van der Waals surface area contributed by atoms with Crippen molar-refractivity contribution >= 4 is 33.5 Å². The second kappa shape index (κ2) is 4.55. The van der Waals surface area contributed by atoms with Crippen LogP contribution in [0.1, 0.15) is 5.69 Å². The predicted octanol–water partition coefficient (Wildman–Crippen LogP) is 1.61. The number of benzene rings is 1. The number of aromatic nitrogens is 5. The molecule has 6 heteroatoms. The van der Waals surface area contributed by atoms with E-state index in [0.29, 0.717) is 5.65 Å². The highest BCUT2D eigenvalue weighted by molar-refractivity contribution is 6.09. The van der Waals surface area contributed by atoms with Gasteiger partial charge in [-0.2, -0.15) is 0 Å². The van der Waals surface area contributed by atoms with Gasteiger partial charge in [-0.1, -0.05) is 24.3 Å². The summed E-state index contributed by atoms with van der Waals surface area (Å²) in [6.45, 7) is 0. The molecule has 0 saturated heterocycles. The van der Waals surface area contributed by atoms with Gasteiger partial charge in [-0.25, -0.2) is 9.97 Å². The minimum atomic E-state index is -0.185. The molecule has 0 unspecified atom stereocenters. The molecule has 0 aliphatic heterocycles. The molecule has 0 aliphatic carbocycles. The Morgan fingerprint density at radius 3 is 2.83 bits per heavy atom.